The number of unbranched alkanes of at least 4 members (excludes halogenated alkanes) is 3. The first-order chi connectivity index (χ1) is 10.1. The minimum absolute atomic E-state index is 0.245. The highest BCUT2D eigenvalue weighted by Crippen LogP contribution is 2.12. The quantitative estimate of drug-likeness (QED) is 0.631. The van der Waals surface area contributed by atoms with Crippen LogP contribution in [0.25, 0.3) is 0 Å². The fraction of sp³-hybridized carbons (Fsp3) is 0.368. The molecule has 0 aliphatic rings. The normalized spacial score (nSPS) is 8.95. The van der Waals surface area contributed by atoms with Crippen LogP contribution in [0.4, 0.5) is 0 Å². The van der Waals surface area contributed by atoms with Gasteiger partial charge in [-0.05, 0) is 31.2 Å². The summed E-state index contributed by atoms with van der Waals surface area (Å²) in [6, 6.07) is 16.6. The number of aromatic hydroxyl groups is 1. The summed E-state index contributed by atoms with van der Waals surface area (Å²) >= 11 is 5.50. The molecule has 0 heterocycles. The van der Waals surface area contributed by atoms with Crippen LogP contribution >= 0.6 is 11.6 Å². The zero-order chi connectivity index (χ0) is 15.9. The van der Waals surface area contributed by atoms with Crippen molar-refractivity contribution in [3.05, 3.63) is 65.2 Å². The molecular weight excluding hydrogens is 280 g/mol. The Labute approximate surface area is 134 Å². The lowest BCUT2D eigenvalue weighted by atomic mass is 10.2. The SMILES string of the molecule is CCCCCC.Cc1ccccc1.Oc1ccc(Cl)cc1. The molecule has 116 valence electrons. The molecule has 0 aliphatic carbocycles. The van der Waals surface area contributed by atoms with E-state index in [1.165, 1.54) is 31.2 Å². The molecule has 0 spiro atoms. The molecule has 2 aromatic carbocycles. The van der Waals surface area contributed by atoms with E-state index in [1.807, 2.05) is 18.2 Å². The summed E-state index contributed by atoms with van der Waals surface area (Å²) in [6.07, 6.45) is 5.54. The molecule has 0 aromatic heterocycles. The Morgan fingerprint density at radius 1 is 0.810 bits per heavy atom. The summed E-state index contributed by atoms with van der Waals surface area (Å²) in [6.45, 7) is 6.55. The fourth-order valence-electron chi connectivity index (χ4n) is 1.48. The predicted octanol–water partition coefficient (Wildman–Crippen LogP) is 6.63. The maximum absolute atomic E-state index is 8.70. The molecule has 0 saturated heterocycles. The third-order valence-corrected chi connectivity index (χ3v) is 2.98. The van der Waals surface area contributed by atoms with Gasteiger partial charge in [0, 0.05) is 5.02 Å². The molecular formula is C19H27ClO. The van der Waals surface area contributed by atoms with E-state index >= 15 is 0 Å². The molecule has 0 fully saturated rings. The topological polar surface area (TPSA) is 20.2 Å². The molecule has 2 heteroatoms. The highest BCUT2D eigenvalue weighted by Gasteiger charge is 1.84. The van der Waals surface area contributed by atoms with Gasteiger partial charge >= 0.3 is 0 Å². The fourth-order valence-corrected chi connectivity index (χ4v) is 1.60. The minimum atomic E-state index is 0.245. The van der Waals surface area contributed by atoms with Crippen molar-refractivity contribution in [3.8, 4) is 5.75 Å². The van der Waals surface area contributed by atoms with Gasteiger partial charge in [0.05, 0.1) is 0 Å². The molecule has 21 heavy (non-hydrogen) atoms. The van der Waals surface area contributed by atoms with Gasteiger partial charge in [0.25, 0.3) is 0 Å². The number of halogens is 1. The molecule has 0 aliphatic heterocycles. The van der Waals surface area contributed by atoms with E-state index in [9.17, 15) is 0 Å². The van der Waals surface area contributed by atoms with E-state index in [1.54, 1.807) is 24.3 Å². The zero-order valence-electron chi connectivity index (χ0n) is 13.3. The number of rotatable bonds is 3. The van der Waals surface area contributed by atoms with Crippen molar-refractivity contribution >= 4 is 11.6 Å². The van der Waals surface area contributed by atoms with E-state index in [2.05, 4.69) is 32.9 Å². The molecule has 0 atom stereocenters. The number of aryl methyl sites for hydroxylation is 1. The van der Waals surface area contributed by atoms with Crippen LogP contribution in [0.5, 0.6) is 5.75 Å². The summed E-state index contributed by atoms with van der Waals surface area (Å²) in [5, 5.41) is 9.34. The van der Waals surface area contributed by atoms with Crippen LogP contribution in [0.15, 0.2) is 54.6 Å². The van der Waals surface area contributed by atoms with E-state index in [0.29, 0.717) is 5.02 Å². The summed E-state index contributed by atoms with van der Waals surface area (Å²) in [4.78, 5) is 0. The van der Waals surface area contributed by atoms with Gasteiger partial charge in [-0.25, -0.2) is 0 Å². The van der Waals surface area contributed by atoms with Gasteiger partial charge in [0.1, 0.15) is 5.75 Å². The Morgan fingerprint density at radius 2 is 1.29 bits per heavy atom. The lowest BCUT2D eigenvalue weighted by Crippen LogP contribution is -1.66. The molecule has 0 radical (unpaired) electrons. The molecule has 1 nitrogen and oxygen atoms in total. The van der Waals surface area contributed by atoms with Gasteiger partial charge in [-0.3, -0.25) is 0 Å². The second-order valence-corrected chi connectivity index (χ2v) is 5.27. The van der Waals surface area contributed by atoms with Crippen LogP contribution in [0, 0.1) is 6.92 Å². The van der Waals surface area contributed by atoms with Crippen LogP contribution in [-0.4, -0.2) is 5.11 Å². The van der Waals surface area contributed by atoms with Crippen molar-refractivity contribution in [1.29, 1.82) is 0 Å². The maximum atomic E-state index is 8.70. The Morgan fingerprint density at radius 3 is 1.57 bits per heavy atom. The molecule has 0 amide bonds. The van der Waals surface area contributed by atoms with Crippen molar-refractivity contribution in [2.24, 2.45) is 0 Å². The number of benzene rings is 2. The Hall–Kier alpha value is -1.47. The van der Waals surface area contributed by atoms with Crippen molar-refractivity contribution in [2.75, 3.05) is 0 Å². The number of phenols is 1. The first kappa shape index (κ1) is 19.5. The first-order valence-corrected chi connectivity index (χ1v) is 7.94. The second kappa shape index (κ2) is 13.5. The van der Waals surface area contributed by atoms with Crippen molar-refractivity contribution in [2.45, 2.75) is 46.5 Å². The molecule has 1 N–H and O–H groups in total. The van der Waals surface area contributed by atoms with Gasteiger partial charge in [-0.2, -0.15) is 0 Å². The first-order valence-electron chi connectivity index (χ1n) is 7.56. The number of phenolic OH excluding ortho intramolecular Hbond substituents is 1. The largest absolute Gasteiger partial charge is 0.508 e. The average molecular weight is 307 g/mol. The van der Waals surface area contributed by atoms with Gasteiger partial charge in [-0.15, -0.1) is 0 Å². The van der Waals surface area contributed by atoms with Crippen LogP contribution in [0.3, 0.4) is 0 Å². The third kappa shape index (κ3) is 13.3. The van der Waals surface area contributed by atoms with Crippen LogP contribution in [0.2, 0.25) is 5.02 Å². The Kier molecular flexibility index (Phi) is 12.6. The highest BCUT2D eigenvalue weighted by atomic mass is 35.5. The van der Waals surface area contributed by atoms with Crippen LogP contribution in [-0.2, 0) is 0 Å². The number of hydrogen-bond acceptors (Lipinski definition) is 1. The Balaban J connectivity index is 0.000000290. The highest BCUT2D eigenvalue weighted by molar-refractivity contribution is 6.30. The predicted molar refractivity (Wildman–Crippen MR) is 94.1 cm³/mol. The van der Waals surface area contributed by atoms with E-state index in [4.69, 9.17) is 16.7 Å². The van der Waals surface area contributed by atoms with Gasteiger partial charge in [0.15, 0.2) is 0 Å². The van der Waals surface area contributed by atoms with Gasteiger partial charge < -0.3 is 5.11 Å². The summed E-state index contributed by atoms with van der Waals surface area (Å²) < 4.78 is 0. The second-order valence-electron chi connectivity index (χ2n) is 4.84. The average Bonchev–Trinajstić information content (AvgIpc) is 2.50. The van der Waals surface area contributed by atoms with E-state index in [0.717, 1.165) is 0 Å². The Bertz CT molecular complexity index is 412. The van der Waals surface area contributed by atoms with Gasteiger partial charge in [0.2, 0.25) is 0 Å². The van der Waals surface area contributed by atoms with E-state index < -0.39 is 0 Å². The standard InChI is InChI=1S/C7H8.C6H5ClO.C6H14/c1-7-5-3-2-4-6-7;7-5-1-3-6(8)4-2-5;1-3-5-6-4-2/h2-6H,1H3;1-4,8H;3-6H2,1-2H3. The third-order valence-electron chi connectivity index (χ3n) is 2.72. The van der Waals surface area contributed by atoms with Crippen LogP contribution < -0.4 is 0 Å². The summed E-state index contributed by atoms with van der Waals surface area (Å²) in [5.74, 6) is 0.245. The number of hydrogen-bond donors (Lipinski definition) is 1. The molecule has 2 rings (SSSR count). The molecule has 2 aromatic rings. The lowest BCUT2D eigenvalue weighted by Gasteiger charge is -1.87. The van der Waals surface area contributed by atoms with Gasteiger partial charge in [-0.1, -0.05) is 87.0 Å². The van der Waals surface area contributed by atoms with Crippen molar-refractivity contribution in [1.82, 2.24) is 0 Å². The van der Waals surface area contributed by atoms with Crippen LogP contribution in [0.1, 0.15) is 45.1 Å². The lowest BCUT2D eigenvalue weighted by molar-refractivity contribution is 0.475. The molecule has 0 saturated carbocycles. The molecule has 0 bridgehead atoms. The monoisotopic (exact) mass is 306 g/mol. The summed E-state index contributed by atoms with van der Waals surface area (Å²) in [5.41, 5.74) is 1.32. The van der Waals surface area contributed by atoms with E-state index in [-0.39, 0.29) is 5.75 Å². The smallest absolute Gasteiger partial charge is 0.115 e. The maximum Gasteiger partial charge on any atom is 0.115 e. The van der Waals surface area contributed by atoms with Crippen molar-refractivity contribution in [3.63, 3.8) is 0 Å². The van der Waals surface area contributed by atoms with Crippen molar-refractivity contribution < 1.29 is 5.11 Å². The zero-order valence-corrected chi connectivity index (χ0v) is 14.1. The minimum Gasteiger partial charge on any atom is -0.508 e. The summed E-state index contributed by atoms with van der Waals surface area (Å²) in [7, 11) is 0. The molecule has 0 unspecified atom stereocenters.